The third-order valence-corrected chi connectivity index (χ3v) is 9.08. The van der Waals surface area contributed by atoms with Gasteiger partial charge in [0, 0.05) is 37.7 Å². The number of carbonyl (C=O) groups is 3. The van der Waals surface area contributed by atoms with Crippen molar-refractivity contribution >= 4 is 39.3 Å². The first-order chi connectivity index (χ1) is 20.2. The lowest BCUT2D eigenvalue weighted by Gasteiger charge is -2.37. The van der Waals surface area contributed by atoms with Crippen LogP contribution in [0.3, 0.4) is 0 Å². The predicted octanol–water partition coefficient (Wildman–Crippen LogP) is 1.53. The standard InChI is InChI=1S/C29H38ClN5O6S/c30-24-10-9-22(18-31)23(16-24)19-32-28(37)26-8-4-5-11-35(26)29(38)25(17-27(36)34-12-14-41-15-13-34)33-42(39,40)20-21-6-2-1-3-7-21/h1-3,6-7,9-10,16,25-26,33H,4-5,8,11-15,17-20,31H2,(H,32,37)/t25-,26+/m1/s1. The van der Waals surface area contributed by atoms with Gasteiger partial charge in [0.2, 0.25) is 27.7 Å². The maximum Gasteiger partial charge on any atom is 0.243 e. The molecule has 2 atom stereocenters. The maximum atomic E-state index is 14.0. The predicted molar refractivity (Wildman–Crippen MR) is 159 cm³/mol. The molecule has 3 amide bonds. The second-order valence-corrected chi connectivity index (χ2v) is 12.7. The minimum Gasteiger partial charge on any atom is -0.378 e. The van der Waals surface area contributed by atoms with Crippen LogP contribution in [0.2, 0.25) is 5.02 Å². The molecule has 0 saturated carbocycles. The summed E-state index contributed by atoms with van der Waals surface area (Å²) in [5.74, 6) is -1.67. The average molecular weight is 620 g/mol. The number of likely N-dealkylation sites (tertiary alicyclic amines) is 1. The summed E-state index contributed by atoms with van der Waals surface area (Å²) in [5.41, 5.74) is 7.99. The van der Waals surface area contributed by atoms with Crippen molar-refractivity contribution in [1.82, 2.24) is 19.8 Å². The van der Waals surface area contributed by atoms with Crippen molar-refractivity contribution in [3.8, 4) is 0 Å². The van der Waals surface area contributed by atoms with Crippen LogP contribution in [0.5, 0.6) is 0 Å². The van der Waals surface area contributed by atoms with E-state index in [0.717, 1.165) is 17.5 Å². The van der Waals surface area contributed by atoms with Crippen LogP contribution in [-0.2, 0) is 48.0 Å². The van der Waals surface area contributed by atoms with Crippen molar-refractivity contribution in [3.63, 3.8) is 0 Å². The highest BCUT2D eigenvalue weighted by Gasteiger charge is 2.38. The maximum absolute atomic E-state index is 14.0. The van der Waals surface area contributed by atoms with E-state index in [1.165, 1.54) is 4.90 Å². The summed E-state index contributed by atoms with van der Waals surface area (Å²) in [5, 5.41) is 3.41. The molecule has 228 valence electrons. The van der Waals surface area contributed by atoms with E-state index in [1.807, 2.05) is 0 Å². The fraction of sp³-hybridized carbons (Fsp3) is 0.483. The number of nitrogens with one attached hydrogen (secondary N) is 2. The molecule has 0 aliphatic carbocycles. The molecule has 4 rings (SSSR count). The molecule has 4 N–H and O–H groups in total. The first-order valence-electron chi connectivity index (χ1n) is 14.1. The van der Waals surface area contributed by atoms with Gasteiger partial charge < -0.3 is 25.6 Å². The number of benzene rings is 2. The molecular formula is C29H38ClN5O6S. The second kappa shape index (κ2) is 14.9. The number of hydrogen-bond acceptors (Lipinski definition) is 7. The average Bonchev–Trinajstić information content (AvgIpc) is 2.99. The largest absolute Gasteiger partial charge is 0.378 e. The van der Waals surface area contributed by atoms with Crippen LogP contribution >= 0.6 is 11.6 Å². The summed E-state index contributed by atoms with van der Waals surface area (Å²) in [7, 11) is -4.01. The van der Waals surface area contributed by atoms with Gasteiger partial charge in [0.05, 0.1) is 25.4 Å². The Morgan fingerprint density at radius 3 is 2.48 bits per heavy atom. The molecular weight excluding hydrogens is 582 g/mol. The zero-order chi connectivity index (χ0) is 30.1. The van der Waals surface area contributed by atoms with E-state index < -0.39 is 28.0 Å². The van der Waals surface area contributed by atoms with E-state index in [-0.39, 0.29) is 43.6 Å². The molecule has 2 aliphatic heterocycles. The number of nitrogens with two attached hydrogens (primary N) is 1. The Morgan fingerprint density at radius 2 is 1.76 bits per heavy atom. The molecule has 0 aromatic heterocycles. The number of hydrogen-bond donors (Lipinski definition) is 3. The van der Waals surface area contributed by atoms with Gasteiger partial charge in [-0.15, -0.1) is 0 Å². The van der Waals surface area contributed by atoms with E-state index in [4.69, 9.17) is 22.1 Å². The number of carbonyl (C=O) groups excluding carboxylic acids is 3. The van der Waals surface area contributed by atoms with Gasteiger partial charge in [0.15, 0.2) is 0 Å². The number of halogens is 1. The summed E-state index contributed by atoms with van der Waals surface area (Å²) < 4.78 is 34.2. The number of piperidine rings is 1. The van der Waals surface area contributed by atoms with Gasteiger partial charge in [0.1, 0.15) is 12.1 Å². The van der Waals surface area contributed by atoms with Crippen molar-refractivity contribution in [2.75, 3.05) is 32.8 Å². The Bertz CT molecular complexity index is 1350. The Balaban J connectivity index is 1.52. The quantitative estimate of drug-likeness (QED) is 0.345. The fourth-order valence-electron chi connectivity index (χ4n) is 5.27. The lowest BCUT2D eigenvalue weighted by atomic mass is 9.99. The minimum absolute atomic E-state index is 0.174. The van der Waals surface area contributed by atoms with Crippen molar-refractivity contribution in [2.24, 2.45) is 5.73 Å². The smallest absolute Gasteiger partial charge is 0.243 e. The molecule has 2 heterocycles. The highest BCUT2D eigenvalue weighted by molar-refractivity contribution is 7.88. The van der Waals surface area contributed by atoms with E-state index >= 15 is 0 Å². The Hall–Kier alpha value is -3.03. The van der Waals surface area contributed by atoms with Crippen LogP contribution in [0.4, 0.5) is 0 Å². The molecule has 2 aromatic carbocycles. The third-order valence-electron chi connectivity index (χ3n) is 7.49. The van der Waals surface area contributed by atoms with Gasteiger partial charge in [-0.2, -0.15) is 0 Å². The van der Waals surface area contributed by atoms with Crippen LogP contribution < -0.4 is 15.8 Å². The molecule has 2 aromatic rings. The number of amides is 3. The molecule has 2 saturated heterocycles. The summed E-state index contributed by atoms with van der Waals surface area (Å²) in [4.78, 5) is 43.5. The van der Waals surface area contributed by atoms with E-state index in [9.17, 15) is 22.8 Å². The molecule has 0 radical (unpaired) electrons. The van der Waals surface area contributed by atoms with Crippen molar-refractivity contribution in [2.45, 2.75) is 56.6 Å². The molecule has 2 fully saturated rings. The molecule has 11 nitrogen and oxygen atoms in total. The van der Waals surface area contributed by atoms with Crippen LogP contribution in [0.1, 0.15) is 42.4 Å². The normalized spacial score (nSPS) is 18.4. The van der Waals surface area contributed by atoms with Crippen molar-refractivity contribution in [1.29, 1.82) is 0 Å². The van der Waals surface area contributed by atoms with Crippen molar-refractivity contribution < 1.29 is 27.5 Å². The lowest BCUT2D eigenvalue weighted by molar-refractivity contribution is -0.146. The van der Waals surface area contributed by atoms with Gasteiger partial charge in [-0.3, -0.25) is 14.4 Å². The Morgan fingerprint density at radius 1 is 1.02 bits per heavy atom. The molecule has 2 aliphatic rings. The zero-order valence-corrected chi connectivity index (χ0v) is 25.0. The first-order valence-corrected chi connectivity index (χ1v) is 16.1. The summed E-state index contributed by atoms with van der Waals surface area (Å²) in [6.07, 6.45) is 1.43. The lowest BCUT2D eigenvalue weighted by Crippen LogP contribution is -2.58. The highest BCUT2D eigenvalue weighted by atomic mass is 35.5. The Kier molecular flexibility index (Phi) is 11.3. The third kappa shape index (κ3) is 8.74. The van der Waals surface area contributed by atoms with E-state index in [1.54, 1.807) is 53.4 Å². The van der Waals surface area contributed by atoms with E-state index in [0.29, 0.717) is 49.7 Å². The second-order valence-electron chi connectivity index (χ2n) is 10.5. The number of morpholine rings is 1. The molecule has 0 bridgehead atoms. The van der Waals surface area contributed by atoms with Gasteiger partial charge >= 0.3 is 0 Å². The number of nitrogens with zero attached hydrogens (tertiary/aromatic N) is 2. The van der Waals surface area contributed by atoms with Crippen LogP contribution in [0.25, 0.3) is 0 Å². The minimum atomic E-state index is -4.01. The molecule has 0 unspecified atom stereocenters. The van der Waals surface area contributed by atoms with Gasteiger partial charge in [0.25, 0.3) is 0 Å². The van der Waals surface area contributed by atoms with Gasteiger partial charge in [-0.05, 0) is 48.1 Å². The van der Waals surface area contributed by atoms with Crippen LogP contribution in [0.15, 0.2) is 48.5 Å². The van der Waals surface area contributed by atoms with Crippen LogP contribution in [0, 0.1) is 0 Å². The summed E-state index contributed by atoms with van der Waals surface area (Å²) in [6.45, 7) is 2.18. The monoisotopic (exact) mass is 619 g/mol. The number of rotatable bonds is 11. The summed E-state index contributed by atoms with van der Waals surface area (Å²) >= 11 is 6.14. The van der Waals surface area contributed by atoms with E-state index in [2.05, 4.69) is 10.0 Å². The first kappa shape index (κ1) is 31.9. The molecule has 0 spiro atoms. The Labute approximate surface area is 251 Å². The van der Waals surface area contributed by atoms with Gasteiger partial charge in [-0.1, -0.05) is 48.0 Å². The highest BCUT2D eigenvalue weighted by Crippen LogP contribution is 2.21. The zero-order valence-electron chi connectivity index (χ0n) is 23.5. The number of sulfonamides is 1. The van der Waals surface area contributed by atoms with Gasteiger partial charge in [-0.25, -0.2) is 13.1 Å². The molecule has 42 heavy (non-hydrogen) atoms. The van der Waals surface area contributed by atoms with Crippen LogP contribution in [-0.4, -0.2) is 80.9 Å². The SMILES string of the molecule is NCc1ccc(Cl)cc1CNC(=O)[C@@H]1CCCCN1C(=O)[C@@H](CC(=O)N1CCOCC1)NS(=O)(=O)Cc1ccccc1. The van der Waals surface area contributed by atoms with Crippen molar-refractivity contribution in [3.05, 3.63) is 70.2 Å². The number of ether oxygens (including phenoxy) is 1. The summed E-state index contributed by atoms with van der Waals surface area (Å²) in [6, 6.07) is 11.7. The molecule has 13 heteroatoms. The fourth-order valence-corrected chi connectivity index (χ4v) is 6.80. The topological polar surface area (TPSA) is 151 Å².